The average Bonchev–Trinajstić information content (AvgIpc) is 2.50. The van der Waals surface area contributed by atoms with E-state index in [1.807, 2.05) is 24.5 Å². The van der Waals surface area contributed by atoms with Gasteiger partial charge in [0.05, 0.1) is 5.69 Å². The maximum absolute atomic E-state index is 13.7. The van der Waals surface area contributed by atoms with Crippen molar-refractivity contribution in [2.75, 3.05) is 31.1 Å². The largest absolute Gasteiger partial charge is 0.367 e. The smallest absolute Gasteiger partial charge is 0.146 e. The van der Waals surface area contributed by atoms with Gasteiger partial charge in [0, 0.05) is 50.7 Å². The molecule has 0 bridgehead atoms. The van der Waals surface area contributed by atoms with Gasteiger partial charge < -0.3 is 4.90 Å². The number of para-hydroxylation sites is 1. The van der Waals surface area contributed by atoms with Gasteiger partial charge in [-0.1, -0.05) is 12.1 Å². The van der Waals surface area contributed by atoms with Gasteiger partial charge in [0.25, 0.3) is 0 Å². The second kappa shape index (κ2) is 5.96. The number of benzene rings is 1. The van der Waals surface area contributed by atoms with E-state index in [9.17, 15) is 4.39 Å². The van der Waals surface area contributed by atoms with Crippen LogP contribution in [0.4, 0.5) is 10.1 Å². The van der Waals surface area contributed by atoms with Crippen molar-refractivity contribution < 1.29 is 4.39 Å². The molecular weight excluding hydrogens is 255 g/mol. The minimum Gasteiger partial charge on any atom is -0.367 e. The summed E-state index contributed by atoms with van der Waals surface area (Å²) in [7, 11) is 0. The molecule has 0 atom stereocenters. The Kier molecular flexibility index (Phi) is 3.87. The van der Waals surface area contributed by atoms with E-state index < -0.39 is 0 Å². The SMILES string of the molecule is Fc1ccccc1N1CCN(Cc2cncnc2)CC1. The van der Waals surface area contributed by atoms with E-state index in [1.165, 1.54) is 6.07 Å². The quantitative estimate of drug-likeness (QED) is 0.854. The van der Waals surface area contributed by atoms with E-state index in [2.05, 4.69) is 19.8 Å². The predicted molar refractivity (Wildman–Crippen MR) is 75.9 cm³/mol. The highest BCUT2D eigenvalue weighted by molar-refractivity contribution is 5.47. The molecule has 2 heterocycles. The van der Waals surface area contributed by atoms with Gasteiger partial charge in [-0.3, -0.25) is 4.90 Å². The summed E-state index contributed by atoms with van der Waals surface area (Å²) in [5, 5.41) is 0. The Hall–Kier alpha value is -2.01. The van der Waals surface area contributed by atoms with Crippen molar-refractivity contribution in [1.82, 2.24) is 14.9 Å². The van der Waals surface area contributed by atoms with Crippen LogP contribution in [-0.2, 0) is 6.54 Å². The van der Waals surface area contributed by atoms with Crippen LogP contribution in [0.3, 0.4) is 0 Å². The summed E-state index contributed by atoms with van der Waals surface area (Å²) in [6, 6.07) is 6.97. The Balaban J connectivity index is 1.59. The zero-order valence-corrected chi connectivity index (χ0v) is 11.2. The number of nitrogens with zero attached hydrogens (tertiary/aromatic N) is 4. The lowest BCUT2D eigenvalue weighted by Gasteiger charge is -2.36. The second-order valence-electron chi connectivity index (χ2n) is 4.96. The number of hydrogen-bond donors (Lipinski definition) is 0. The number of halogens is 1. The highest BCUT2D eigenvalue weighted by Gasteiger charge is 2.19. The van der Waals surface area contributed by atoms with Crippen molar-refractivity contribution in [2.24, 2.45) is 0 Å². The van der Waals surface area contributed by atoms with Crippen LogP contribution < -0.4 is 4.90 Å². The lowest BCUT2D eigenvalue weighted by molar-refractivity contribution is 0.248. The van der Waals surface area contributed by atoms with E-state index in [-0.39, 0.29) is 5.82 Å². The van der Waals surface area contributed by atoms with Crippen LogP contribution in [0.1, 0.15) is 5.56 Å². The fourth-order valence-corrected chi connectivity index (χ4v) is 2.52. The lowest BCUT2D eigenvalue weighted by Crippen LogP contribution is -2.46. The first-order valence-electron chi connectivity index (χ1n) is 6.78. The maximum Gasteiger partial charge on any atom is 0.146 e. The summed E-state index contributed by atoms with van der Waals surface area (Å²) >= 11 is 0. The standard InChI is InChI=1S/C15H17FN4/c16-14-3-1-2-4-15(14)20-7-5-19(6-8-20)11-13-9-17-12-18-10-13/h1-4,9-10,12H,5-8,11H2. The van der Waals surface area contributed by atoms with Gasteiger partial charge in [-0.05, 0) is 12.1 Å². The first kappa shape index (κ1) is 13.0. The zero-order valence-electron chi connectivity index (χ0n) is 11.2. The molecule has 5 heteroatoms. The minimum absolute atomic E-state index is 0.141. The van der Waals surface area contributed by atoms with Gasteiger partial charge in [0.2, 0.25) is 0 Å². The van der Waals surface area contributed by atoms with Gasteiger partial charge in [0.15, 0.2) is 0 Å². The topological polar surface area (TPSA) is 32.3 Å². The number of aromatic nitrogens is 2. The third-order valence-electron chi connectivity index (χ3n) is 3.59. The lowest BCUT2D eigenvalue weighted by atomic mass is 10.2. The van der Waals surface area contributed by atoms with E-state index in [0.717, 1.165) is 38.3 Å². The van der Waals surface area contributed by atoms with Crippen molar-refractivity contribution >= 4 is 5.69 Å². The molecule has 4 nitrogen and oxygen atoms in total. The molecule has 0 N–H and O–H groups in total. The van der Waals surface area contributed by atoms with Crippen LogP contribution in [0.15, 0.2) is 43.0 Å². The summed E-state index contributed by atoms with van der Waals surface area (Å²) < 4.78 is 13.7. The molecule has 2 aromatic rings. The highest BCUT2D eigenvalue weighted by atomic mass is 19.1. The summed E-state index contributed by atoms with van der Waals surface area (Å²) in [4.78, 5) is 12.5. The van der Waals surface area contributed by atoms with E-state index >= 15 is 0 Å². The first-order valence-corrected chi connectivity index (χ1v) is 6.78. The van der Waals surface area contributed by atoms with E-state index in [1.54, 1.807) is 12.4 Å². The molecule has 0 spiro atoms. The predicted octanol–water partition coefficient (Wildman–Crippen LogP) is 1.94. The first-order chi connectivity index (χ1) is 9.83. The molecule has 1 aliphatic heterocycles. The Morgan fingerprint density at radius 3 is 2.40 bits per heavy atom. The molecule has 1 aromatic heterocycles. The van der Waals surface area contributed by atoms with Gasteiger partial charge in [0.1, 0.15) is 12.1 Å². The molecule has 0 radical (unpaired) electrons. The Bertz CT molecular complexity index is 553. The Morgan fingerprint density at radius 1 is 1.00 bits per heavy atom. The van der Waals surface area contributed by atoms with Crippen LogP contribution in [0.5, 0.6) is 0 Å². The fraction of sp³-hybridized carbons (Fsp3) is 0.333. The van der Waals surface area contributed by atoms with Gasteiger partial charge in [-0.15, -0.1) is 0 Å². The van der Waals surface area contributed by atoms with Crippen molar-refractivity contribution in [1.29, 1.82) is 0 Å². The second-order valence-corrected chi connectivity index (χ2v) is 4.96. The molecule has 1 saturated heterocycles. The number of anilines is 1. The minimum atomic E-state index is -0.141. The van der Waals surface area contributed by atoms with Crippen molar-refractivity contribution in [3.63, 3.8) is 0 Å². The number of hydrogen-bond acceptors (Lipinski definition) is 4. The molecule has 0 unspecified atom stereocenters. The molecule has 1 aliphatic rings. The molecule has 3 rings (SSSR count). The summed E-state index contributed by atoms with van der Waals surface area (Å²) in [5.41, 5.74) is 1.82. The Labute approximate surface area is 117 Å². The van der Waals surface area contributed by atoms with Crippen LogP contribution in [0.2, 0.25) is 0 Å². The third kappa shape index (κ3) is 2.93. The maximum atomic E-state index is 13.7. The zero-order chi connectivity index (χ0) is 13.8. The average molecular weight is 272 g/mol. The number of piperazine rings is 1. The van der Waals surface area contributed by atoms with Crippen molar-refractivity contribution in [2.45, 2.75) is 6.54 Å². The summed E-state index contributed by atoms with van der Waals surface area (Å²) in [6.07, 6.45) is 5.23. The molecule has 1 fully saturated rings. The van der Waals surface area contributed by atoms with E-state index in [0.29, 0.717) is 5.69 Å². The molecule has 0 amide bonds. The van der Waals surface area contributed by atoms with Crippen molar-refractivity contribution in [3.05, 3.63) is 54.4 Å². The van der Waals surface area contributed by atoms with Crippen LogP contribution in [-0.4, -0.2) is 41.0 Å². The normalized spacial score (nSPS) is 16.4. The third-order valence-corrected chi connectivity index (χ3v) is 3.59. The van der Waals surface area contributed by atoms with Crippen molar-refractivity contribution in [3.8, 4) is 0 Å². The van der Waals surface area contributed by atoms with E-state index in [4.69, 9.17) is 0 Å². The number of rotatable bonds is 3. The van der Waals surface area contributed by atoms with Gasteiger partial charge >= 0.3 is 0 Å². The van der Waals surface area contributed by atoms with Crippen LogP contribution in [0, 0.1) is 5.82 Å². The van der Waals surface area contributed by atoms with Crippen LogP contribution in [0.25, 0.3) is 0 Å². The molecule has 104 valence electrons. The van der Waals surface area contributed by atoms with Gasteiger partial charge in [-0.2, -0.15) is 0 Å². The summed E-state index contributed by atoms with van der Waals surface area (Å²) in [5.74, 6) is -0.141. The molecule has 0 saturated carbocycles. The highest BCUT2D eigenvalue weighted by Crippen LogP contribution is 2.20. The molecule has 0 aliphatic carbocycles. The molecular formula is C15H17FN4. The Morgan fingerprint density at radius 2 is 1.70 bits per heavy atom. The molecule has 20 heavy (non-hydrogen) atoms. The summed E-state index contributed by atoms with van der Waals surface area (Å²) in [6.45, 7) is 4.38. The fourth-order valence-electron chi connectivity index (χ4n) is 2.52. The van der Waals surface area contributed by atoms with Gasteiger partial charge in [-0.25, -0.2) is 14.4 Å². The monoisotopic (exact) mass is 272 g/mol. The molecule has 1 aromatic carbocycles. The van der Waals surface area contributed by atoms with Crippen LogP contribution >= 0.6 is 0 Å².